The molecule has 5 nitrogen and oxygen atoms in total. The second kappa shape index (κ2) is 9.15. The molecule has 0 bridgehead atoms. The maximum absolute atomic E-state index is 11.0. The van der Waals surface area contributed by atoms with Crippen molar-refractivity contribution in [3.63, 3.8) is 0 Å². The van der Waals surface area contributed by atoms with Crippen molar-refractivity contribution in [3.8, 4) is 11.4 Å². The Hall–Kier alpha value is -3.09. The van der Waals surface area contributed by atoms with Gasteiger partial charge in [-0.05, 0) is 35.4 Å². The van der Waals surface area contributed by atoms with Gasteiger partial charge in [0.25, 0.3) is 0 Å². The van der Waals surface area contributed by atoms with Crippen molar-refractivity contribution in [3.05, 3.63) is 101 Å². The first-order chi connectivity index (χ1) is 14.6. The van der Waals surface area contributed by atoms with Gasteiger partial charge in [-0.2, -0.15) is 0 Å². The number of halogens is 1. The fourth-order valence-electron chi connectivity index (χ4n) is 3.04. The van der Waals surface area contributed by atoms with Gasteiger partial charge in [0, 0.05) is 11.3 Å². The molecular weight excluding hydrogens is 418 g/mol. The summed E-state index contributed by atoms with van der Waals surface area (Å²) >= 11 is 7.97. The van der Waals surface area contributed by atoms with E-state index in [-0.39, 0.29) is 5.56 Å². The number of aromatic nitrogens is 3. The molecule has 0 aliphatic rings. The number of thioether (sulfide) groups is 1. The molecule has 0 amide bonds. The van der Waals surface area contributed by atoms with Crippen LogP contribution >= 0.6 is 23.4 Å². The highest BCUT2D eigenvalue weighted by molar-refractivity contribution is 7.98. The lowest BCUT2D eigenvalue weighted by Gasteiger charge is -2.11. The third kappa shape index (κ3) is 4.56. The van der Waals surface area contributed by atoms with Gasteiger partial charge in [0.15, 0.2) is 11.0 Å². The number of aromatic carboxylic acids is 1. The molecule has 1 heterocycles. The van der Waals surface area contributed by atoms with Gasteiger partial charge in [0.05, 0.1) is 17.1 Å². The minimum atomic E-state index is -0.929. The lowest BCUT2D eigenvalue weighted by Crippen LogP contribution is -2.04. The molecule has 0 aliphatic carbocycles. The normalized spacial score (nSPS) is 10.8. The molecule has 3 aromatic carbocycles. The number of benzene rings is 3. The minimum absolute atomic E-state index is 0.275. The van der Waals surface area contributed by atoms with E-state index >= 15 is 0 Å². The average Bonchev–Trinajstić information content (AvgIpc) is 3.15. The second-order valence-electron chi connectivity index (χ2n) is 6.65. The Morgan fingerprint density at radius 1 is 0.900 bits per heavy atom. The van der Waals surface area contributed by atoms with Crippen LogP contribution in [0.25, 0.3) is 11.4 Å². The molecule has 0 radical (unpaired) electrons. The van der Waals surface area contributed by atoms with Crippen molar-refractivity contribution in [2.75, 3.05) is 0 Å². The minimum Gasteiger partial charge on any atom is -0.478 e. The summed E-state index contributed by atoms with van der Waals surface area (Å²) in [4.78, 5) is 11.0. The third-order valence-electron chi connectivity index (χ3n) is 4.58. The molecular formula is C23H18ClN3O2S. The fourth-order valence-corrected chi connectivity index (χ4v) is 4.15. The zero-order valence-electron chi connectivity index (χ0n) is 15.9. The predicted octanol–water partition coefficient (Wildman–Crippen LogP) is 5.64. The van der Waals surface area contributed by atoms with E-state index in [1.807, 2.05) is 54.6 Å². The molecule has 7 heteroatoms. The molecule has 0 aliphatic heterocycles. The van der Waals surface area contributed by atoms with Crippen LogP contribution in [0.2, 0.25) is 5.02 Å². The first-order valence-corrected chi connectivity index (χ1v) is 10.7. The Labute approximate surface area is 183 Å². The number of carboxylic acids is 1. The van der Waals surface area contributed by atoms with Gasteiger partial charge in [-0.3, -0.25) is 4.57 Å². The van der Waals surface area contributed by atoms with E-state index in [2.05, 4.69) is 26.9 Å². The highest BCUT2D eigenvalue weighted by Crippen LogP contribution is 2.31. The highest BCUT2D eigenvalue weighted by Gasteiger charge is 2.17. The second-order valence-corrected chi connectivity index (χ2v) is 8.00. The third-order valence-corrected chi connectivity index (χ3v) is 5.95. The summed E-state index contributed by atoms with van der Waals surface area (Å²) in [7, 11) is 0. The topological polar surface area (TPSA) is 68.0 Å². The first-order valence-electron chi connectivity index (χ1n) is 9.29. The van der Waals surface area contributed by atoms with Crippen LogP contribution in [0.3, 0.4) is 0 Å². The molecule has 0 fully saturated rings. The number of hydrogen-bond acceptors (Lipinski definition) is 4. The lowest BCUT2D eigenvalue weighted by atomic mass is 10.1. The fraction of sp³-hybridized carbons (Fsp3) is 0.0870. The van der Waals surface area contributed by atoms with Gasteiger partial charge in [-0.1, -0.05) is 78.0 Å². The SMILES string of the molecule is O=C(O)c1ccc(CSc2nnc(-c3ccccc3Cl)n2Cc2ccccc2)cc1. The molecule has 4 rings (SSSR count). The zero-order chi connectivity index (χ0) is 20.9. The Balaban J connectivity index is 1.63. The molecule has 0 spiro atoms. The van der Waals surface area contributed by atoms with Crippen LogP contribution in [-0.2, 0) is 12.3 Å². The lowest BCUT2D eigenvalue weighted by molar-refractivity contribution is 0.0697. The van der Waals surface area contributed by atoms with Crippen molar-refractivity contribution in [1.29, 1.82) is 0 Å². The van der Waals surface area contributed by atoms with E-state index in [0.717, 1.165) is 21.8 Å². The Bertz CT molecular complexity index is 1160. The van der Waals surface area contributed by atoms with Crippen LogP contribution in [0.4, 0.5) is 0 Å². The van der Waals surface area contributed by atoms with Crippen LogP contribution in [0.1, 0.15) is 21.5 Å². The molecule has 1 aromatic heterocycles. The molecule has 4 aromatic rings. The van der Waals surface area contributed by atoms with E-state index < -0.39 is 5.97 Å². The summed E-state index contributed by atoms with van der Waals surface area (Å²) in [6.45, 7) is 0.620. The Kier molecular flexibility index (Phi) is 6.16. The average molecular weight is 436 g/mol. The van der Waals surface area contributed by atoms with Gasteiger partial charge in [-0.15, -0.1) is 10.2 Å². The summed E-state index contributed by atoms with van der Waals surface area (Å²) in [6.07, 6.45) is 0. The molecule has 0 saturated carbocycles. The van der Waals surface area contributed by atoms with E-state index in [1.165, 1.54) is 0 Å². The highest BCUT2D eigenvalue weighted by atomic mass is 35.5. The number of carboxylic acid groups (broad SMARTS) is 1. The van der Waals surface area contributed by atoms with Crippen LogP contribution in [0.5, 0.6) is 0 Å². The quantitative estimate of drug-likeness (QED) is 0.380. The van der Waals surface area contributed by atoms with Gasteiger partial charge in [0.2, 0.25) is 0 Å². The maximum atomic E-state index is 11.0. The van der Waals surface area contributed by atoms with E-state index in [1.54, 1.807) is 23.9 Å². The van der Waals surface area contributed by atoms with Crippen molar-refractivity contribution >= 4 is 29.3 Å². The summed E-state index contributed by atoms with van der Waals surface area (Å²) in [5, 5.41) is 19.3. The van der Waals surface area contributed by atoms with Crippen LogP contribution in [0.15, 0.2) is 84.0 Å². The molecule has 0 unspecified atom stereocenters. The van der Waals surface area contributed by atoms with Gasteiger partial charge < -0.3 is 5.11 Å². The first kappa shape index (κ1) is 20.2. The monoisotopic (exact) mass is 435 g/mol. The Morgan fingerprint density at radius 3 is 2.30 bits per heavy atom. The molecule has 1 N–H and O–H groups in total. The van der Waals surface area contributed by atoms with Gasteiger partial charge >= 0.3 is 5.97 Å². The number of carbonyl (C=O) groups is 1. The molecule has 0 saturated heterocycles. The Morgan fingerprint density at radius 2 is 1.60 bits per heavy atom. The number of rotatable bonds is 7. The van der Waals surface area contributed by atoms with E-state index in [9.17, 15) is 4.79 Å². The van der Waals surface area contributed by atoms with Crippen LogP contribution in [-0.4, -0.2) is 25.8 Å². The summed E-state index contributed by atoms with van der Waals surface area (Å²) < 4.78 is 2.06. The van der Waals surface area contributed by atoms with Crippen LogP contribution in [0, 0.1) is 0 Å². The number of nitrogens with zero attached hydrogens (tertiary/aromatic N) is 3. The standard InChI is InChI=1S/C23H18ClN3O2S/c24-20-9-5-4-8-19(20)21-25-26-23(27(21)14-16-6-2-1-3-7-16)30-15-17-10-12-18(13-11-17)22(28)29/h1-13H,14-15H2,(H,28,29). The maximum Gasteiger partial charge on any atom is 0.335 e. The predicted molar refractivity (Wildman–Crippen MR) is 119 cm³/mol. The zero-order valence-corrected chi connectivity index (χ0v) is 17.5. The molecule has 30 heavy (non-hydrogen) atoms. The van der Waals surface area contributed by atoms with Gasteiger partial charge in [0.1, 0.15) is 0 Å². The smallest absolute Gasteiger partial charge is 0.335 e. The van der Waals surface area contributed by atoms with E-state index in [4.69, 9.17) is 16.7 Å². The van der Waals surface area contributed by atoms with Crippen molar-refractivity contribution in [1.82, 2.24) is 14.8 Å². The molecule has 0 atom stereocenters. The summed E-state index contributed by atoms with van der Waals surface area (Å²) in [5.41, 5.74) is 3.26. The number of hydrogen-bond donors (Lipinski definition) is 1. The van der Waals surface area contributed by atoms with Crippen LogP contribution < -0.4 is 0 Å². The summed E-state index contributed by atoms with van der Waals surface area (Å²) in [5.74, 6) is 0.435. The van der Waals surface area contributed by atoms with Gasteiger partial charge in [-0.25, -0.2) is 4.79 Å². The largest absolute Gasteiger partial charge is 0.478 e. The van der Waals surface area contributed by atoms with Crippen molar-refractivity contribution in [2.45, 2.75) is 17.5 Å². The van der Waals surface area contributed by atoms with E-state index in [0.29, 0.717) is 23.1 Å². The summed E-state index contributed by atoms with van der Waals surface area (Å²) in [6, 6.07) is 24.6. The van der Waals surface area contributed by atoms with Crippen molar-refractivity contribution < 1.29 is 9.90 Å². The molecule has 150 valence electrons. The van der Waals surface area contributed by atoms with Crippen molar-refractivity contribution in [2.24, 2.45) is 0 Å².